The van der Waals surface area contributed by atoms with Crippen LogP contribution >= 0.6 is 0 Å². The zero-order valence-electron chi connectivity index (χ0n) is 11.8. The highest BCUT2D eigenvalue weighted by Crippen LogP contribution is 2.31. The van der Waals surface area contributed by atoms with Gasteiger partial charge in [-0.25, -0.2) is 0 Å². The normalized spacial score (nSPS) is 11.6. The second-order valence-corrected chi connectivity index (χ2v) is 4.97. The lowest BCUT2D eigenvalue weighted by Crippen LogP contribution is -2.02. The molecular formula is C19H14N2O. The number of nitrogens with zero attached hydrogens (tertiary/aromatic N) is 2. The molecule has 0 aliphatic heterocycles. The number of nitriles is 1. The lowest BCUT2D eigenvalue weighted by molar-refractivity contribution is 0.220. The van der Waals surface area contributed by atoms with Crippen LogP contribution in [0, 0.1) is 11.3 Å². The molecule has 0 aliphatic carbocycles. The predicted molar refractivity (Wildman–Crippen MR) is 84.9 cm³/mol. The van der Waals surface area contributed by atoms with Crippen molar-refractivity contribution in [3.63, 3.8) is 0 Å². The topological polar surface area (TPSA) is 56.9 Å². The summed E-state index contributed by atoms with van der Waals surface area (Å²) in [4.78, 5) is 4.13. The Balaban J connectivity index is 2.09. The molecule has 106 valence electrons. The van der Waals surface area contributed by atoms with Crippen molar-refractivity contribution in [2.75, 3.05) is 0 Å². The van der Waals surface area contributed by atoms with Gasteiger partial charge < -0.3 is 5.11 Å². The summed E-state index contributed by atoms with van der Waals surface area (Å²) in [6.07, 6.45) is 2.61. The molecule has 0 saturated carbocycles. The number of aromatic nitrogens is 1. The minimum Gasteiger partial charge on any atom is -0.384 e. The second-order valence-electron chi connectivity index (χ2n) is 4.97. The van der Waals surface area contributed by atoms with E-state index in [2.05, 4.69) is 11.1 Å². The van der Waals surface area contributed by atoms with Crippen LogP contribution in [0.3, 0.4) is 0 Å². The van der Waals surface area contributed by atoms with Crippen molar-refractivity contribution in [2.24, 2.45) is 0 Å². The molecule has 0 fully saturated rings. The molecule has 0 spiro atoms. The quantitative estimate of drug-likeness (QED) is 0.798. The van der Waals surface area contributed by atoms with Crippen molar-refractivity contribution in [3.8, 4) is 17.2 Å². The van der Waals surface area contributed by atoms with Crippen LogP contribution in [0.15, 0.2) is 73.1 Å². The average molecular weight is 286 g/mol. The van der Waals surface area contributed by atoms with E-state index in [9.17, 15) is 5.11 Å². The minimum absolute atomic E-state index is 0.592. The van der Waals surface area contributed by atoms with E-state index in [0.717, 1.165) is 22.3 Å². The molecule has 1 aromatic heterocycles. The summed E-state index contributed by atoms with van der Waals surface area (Å²) in [5.74, 6) is 0. The predicted octanol–water partition coefficient (Wildman–Crippen LogP) is 3.70. The molecule has 2 aromatic carbocycles. The first kappa shape index (κ1) is 14.0. The minimum atomic E-state index is -0.754. The fourth-order valence-corrected chi connectivity index (χ4v) is 2.46. The Morgan fingerprint density at radius 3 is 2.59 bits per heavy atom. The Morgan fingerprint density at radius 1 is 1.00 bits per heavy atom. The van der Waals surface area contributed by atoms with Gasteiger partial charge in [-0.2, -0.15) is 5.26 Å². The summed E-state index contributed by atoms with van der Waals surface area (Å²) in [6.45, 7) is 0. The fraction of sp³-hybridized carbons (Fsp3) is 0.0526. The van der Waals surface area contributed by atoms with Crippen LogP contribution in [-0.4, -0.2) is 10.1 Å². The van der Waals surface area contributed by atoms with Gasteiger partial charge in [-0.05, 0) is 34.9 Å². The highest BCUT2D eigenvalue weighted by Gasteiger charge is 2.15. The molecule has 3 rings (SSSR count). The van der Waals surface area contributed by atoms with Crippen LogP contribution in [0.2, 0.25) is 0 Å². The monoisotopic (exact) mass is 286 g/mol. The first-order chi connectivity index (χ1) is 10.8. The highest BCUT2D eigenvalue weighted by molar-refractivity contribution is 5.69. The first-order valence-corrected chi connectivity index (χ1v) is 6.97. The smallest absolute Gasteiger partial charge is 0.106 e. The number of aliphatic hydroxyl groups is 1. The van der Waals surface area contributed by atoms with Gasteiger partial charge in [0, 0.05) is 18.0 Å². The van der Waals surface area contributed by atoms with Crippen molar-refractivity contribution >= 4 is 0 Å². The van der Waals surface area contributed by atoms with Crippen LogP contribution in [0.5, 0.6) is 0 Å². The number of rotatable bonds is 3. The van der Waals surface area contributed by atoms with Crippen molar-refractivity contribution in [1.29, 1.82) is 5.26 Å². The molecule has 0 bridgehead atoms. The third kappa shape index (κ3) is 2.73. The van der Waals surface area contributed by atoms with E-state index in [1.54, 1.807) is 18.5 Å². The third-order valence-corrected chi connectivity index (χ3v) is 3.56. The summed E-state index contributed by atoms with van der Waals surface area (Å²) < 4.78 is 0. The van der Waals surface area contributed by atoms with Crippen molar-refractivity contribution in [2.45, 2.75) is 6.10 Å². The van der Waals surface area contributed by atoms with Crippen LogP contribution in [0.25, 0.3) is 11.1 Å². The van der Waals surface area contributed by atoms with Crippen LogP contribution in [0.4, 0.5) is 0 Å². The van der Waals surface area contributed by atoms with Crippen molar-refractivity contribution in [1.82, 2.24) is 4.98 Å². The first-order valence-electron chi connectivity index (χ1n) is 6.97. The van der Waals surface area contributed by atoms with Crippen LogP contribution < -0.4 is 0 Å². The molecule has 1 heterocycles. The maximum atomic E-state index is 10.7. The van der Waals surface area contributed by atoms with E-state index >= 15 is 0 Å². The third-order valence-electron chi connectivity index (χ3n) is 3.56. The van der Waals surface area contributed by atoms with Gasteiger partial charge in [-0.15, -0.1) is 0 Å². The van der Waals surface area contributed by atoms with Crippen molar-refractivity contribution < 1.29 is 5.11 Å². The van der Waals surface area contributed by atoms with Gasteiger partial charge >= 0.3 is 0 Å². The number of benzene rings is 2. The summed E-state index contributed by atoms with van der Waals surface area (Å²) >= 11 is 0. The average Bonchev–Trinajstić information content (AvgIpc) is 2.62. The number of aliphatic hydroxyl groups excluding tert-OH is 1. The molecule has 3 aromatic rings. The summed E-state index contributed by atoms with van der Waals surface area (Å²) in [7, 11) is 0. The SMILES string of the molecule is N#Cc1cccc(-c2ccncc2C(O)c2ccccc2)c1. The maximum absolute atomic E-state index is 10.7. The van der Waals surface area contributed by atoms with E-state index in [0.29, 0.717) is 5.56 Å². The van der Waals surface area contributed by atoms with Crippen LogP contribution in [-0.2, 0) is 0 Å². The molecule has 3 heteroatoms. The lowest BCUT2D eigenvalue weighted by atomic mass is 9.94. The largest absolute Gasteiger partial charge is 0.384 e. The maximum Gasteiger partial charge on any atom is 0.106 e. The van der Waals surface area contributed by atoms with Gasteiger partial charge in [0.25, 0.3) is 0 Å². The molecule has 0 aliphatic rings. The molecule has 3 nitrogen and oxygen atoms in total. The van der Waals surface area contributed by atoms with E-state index < -0.39 is 6.10 Å². The lowest BCUT2D eigenvalue weighted by Gasteiger charge is -2.15. The number of pyridine rings is 1. The van der Waals surface area contributed by atoms with Gasteiger partial charge in [0.1, 0.15) is 6.10 Å². The van der Waals surface area contributed by atoms with Crippen molar-refractivity contribution in [3.05, 3.63) is 89.7 Å². The van der Waals surface area contributed by atoms with Gasteiger partial charge in [-0.3, -0.25) is 4.98 Å². The number of hydrogen-bond donors (Lipinski definition) is 1. The Bertz CT molecular complexity index is 822. The van der Waals surface area contributed by atoms with Crippen LogP contribution in [0.1, 0.15) is 22.8 Å². The number of hydrogen-bond acceptors (Lipinski definition) is 3. The summed E-state index contributed by atoms with van der Waals surface area (Å²) in [5.41, 5.74) is 3.90. The van der Waals surface area contributed by atoms with E-state index in [-0.39, 0.29) is 0 Å². The molecule has 0 saturated heterocycles. The molecule has 22 heavy (non-hydrogen) atoms. The second kappa shape index (κ2) is 6.21. The molecule has 0 amide bonds. The Hall–Kier alpha value is -2.96. The van der Waals surface area contributed by atoms with E-state index in [1.165, 1.54) is 0 Å². The standard InChI is InChI=1S/C19H14N2O/c20-12-14-5-4-8-16(11-14)17-9-10-21-13-18(17)19(22)15-6-2-1-3-7-15/h1-11,13,19,22H. The molecular weight excluding hydrogens is 272 g/mol. The Kier molecular flexibility index (Phi) is 3.95. The van der Waals surface area contributed by atoms with E-state index in [4.69, 9.17) is 5.26 Å². The fourth-order valence-electron chi connectivity index (χ4n) is 2.46. The van der Waals surface area contributed by atoms with Gasteiger partial charge in [0.15, 0.2) is 0 Å². The molecule has 1 atom stereocenters. The zero-order valence-corrected chi connectivity index (χ0v) is 11.8. The van der Waals surface area contributed by atoms with Gasteiger partial charge in [0.2, 0.25) is 0 Å². The molecule has 1 unspecified atom stereocenters. The Morgan fingerprint density at radius 2 is 1.82 bits per heavy atom. The molecule has 1 N–H and O–H groups in total. The van der Waals surface area contributed by atoms with E-state index in [1.807, 2.05) is 54.6 Å². The van der Waals surface area contributed by atoms with Gasteiger partial charge in [-0.1, -0.05) is 42.5 Å². The summed E-state index contributed by atoms with van der Waals surface area (Å²) in [5, 5.41) is 19.7. The highest BCUT2D eigenvalue weighted by atomic mass is 16.3. The Labute approximate surface area is 129 Å². The van der Waals surface area contributed by atoms with Gasteiger partial charge in [0.05, 0.1) is 11.6 Å². The molecule has 0 radical (unpaired) electrons. The zero-order chi connectivity index (χ0) is 15.4. The summed E-state index contributed by atoms with van der Waals surface area (Å²) in [6, 6.07) is 20.8.